The van der Waals surface area contributed by atoms with Crippen molar-refractivity contribution in [1.29, 1.82) is 0 Å². The fraction of sp³-hybridized carbons (Fsp3) is 0.923. The minimum atomic E-state index is -4.27. The van der Waals surface area contributed by atoms with Crippen molar-refractivity contribution in [3.05, 3.63) is 12.2 Å². The van der Waals surface area contributed by atoms with Crippen LogP contribution in [0.5, 0.6) is 0 Å². The Morgan fingerprint density at radius 3 is 1.58 bits per heavy atom. The summed E-state index contributed by atoms with van der Waals surface area (Å²) in [6.45, 7) is 4.90. The molecule has 0 aromatic carbocycles. The van der Waals surface area contributed by atoms with Crippen LogP contribution in [0.25, 0.3) is 0 Å². The Kier molecular flexibility index (Phi) is 36.9. The van der Waals surface area contributed by atoms with Crippen molar-refractivity contribution < 1.29 is 32.8 Å². The average Bonchev–Trinajstić information content (AvgIpc) is 3.07. The molecule has 48 heavy (non-hydrogen) atoms. The number of nitrogens with two attached hydrogens (primary N) is 1. The van der Waals surface area contributed by atoms with Crippen molar-refractivity contribution in [3.8, 4) is 0 Å². The topological polar surface area (TPSA) is 117 Å². The molecule has 2 unspecified atom stereocenters. The zero-order valence-electron chi connectivity index (χ0n) is 31.5. The summed E-state index contributed by atoms with van der Waals surface area (Å²) in [5.41, 5.74) is 5.35. The van der Waals surface area contributed by atoms with Gasteiger partial charge in [-0.3, -0.25) is 13.8 Å². The van der Waals surface area contributed by atoms with E-state index in [1.165, 1.54) is 128 Å². The van der Waals surface area contributed by atoms with Crippen molar-refractivity contribution in [1.82, 2.24) is 0 Å². The number of carbonyl (C=O) groups excluding carboxylic acids is 1. The molecule has 2 atom stereocenters. The molecule has 0 radical (unpaired) electrons. The number of esters is 1. The predicted molar refractivity (Wildman–Crippen MR) is 201 cm³/mol. The minimum absolute atomic E-state index is 0.0940. The third kappa shape index (κ3) is 36.5. The molecule has 0 amide bonds. The third-order valence-corrected chi connectivity index (χ3v) is 9.67. The van der Waals surface area contributed by atoms with Crippen LogP contribution in [0.15, 0.2) is 12.2 Å². The molecule has 0 aliphatic heterocycles. The van der Waals surface area contributed by atoms with Gasteiger partial charge >= 0.3 is 13.8 Å². The maximum Gasteiger partial charge on any atom is 0.472 e. The van der Waals surface area contributed by atoms with Gasteiger partial charge < -0.3 is 20.1 Å². The Bertz CT molecular complexity index is 752. The van der Waals surface area contributed by atoms with E-state index in [2.05, 4.69) is 26.0 Å². The van der Waals surface area contributed by atoms with Gasteiger partial charge in [0.2, 0.25) is 0 Å². The second kappa shape index (κ2) is 37.5. The van der Waals surface area contributed by atoms with Crippen LogP contribution in [-0.4, -0.2) is 49.9 Å². The van der Waals surface area contributed by atoms with Crippen molar-refractivity contribution in [2.24, 2.45) is 5.73 Å². The van der Waals surface area contributed by atoms with E-state index in [4.69, 9.17) is 24.3 Å². The fourth-order valence-corrected chi connectivity index (χ4v) is 6.45. The van der Waals surface area contributed by atoms with Crippen molar-refractivity contribution in [3.63, 3.8) is 0 Å². The number of ether oxygens (including phenoxy) is 2. The van der Waals surface area contributed by atoms with Crippen LogP contribution in [0.2, 0.25) is 0 Å². The number of phosphoric acid groups is 1. The van der Waals surface area contributed by atoms with Gasteiger partial charge in [-0.15, -0.1) is 0 Å². The first kappa shape index (κ1) is 47.2. The Morgan fingerprint density at radius 2 is 1.06 bits per heavy atom. The van der Waals surface area contributed by atoms with Crippen LogP contribution in [0, 0.1) is 0 Å². The zero-order chi connectivity index (χ0) is 35.2. The van der Waals surface area contributed by atoms with Gasteiger partial charge in [0, 0.05) is 19.6 Å². The molecule has 3 N–H and O–H groups in total. The maximum atomic E-state index is 12.5. The molecule has 0 fully saturated rings. The summed E-state index contributed by atoms with van der Waals surface area (Å²) in [6, 6.07) is 0. The van der Waals surface area contributed by atoms with E-state index < -0.39 is 13.9 Å². The molecule has 286 valence electrons. The SMILES string of the molecule is CCCC/C=C\CCCCCCCC(=O)OC(COCCCCCCCCCCCCCCCCCCCC)COP(=O)(O)OCCN. The molecule has 0 heterocycles. The predicted octanol–water partition coefficient (Wildman–Crippen LogP) is 11.5. The number of phosphoric ester groups is 1. The molecule has 0 bridgehead atoms. The summed E-state index contributed by atoms with van der Waals surface area (Å²) in [7, 11) is -4.27. The summed E-state index contributed by atoms with van der Waals surface area (Å²) in [5.74, 6) is -0.338. The Labute approximate surface area is 296 Å². The highest BCUT2D eigenvalue weighted by Crippen LogP contribution is 2.43. The molecule has 0 saturated carbocycles. The lowest BCUT2D eigenvalue weighted by Gasteiger charge is -2.20. The first-order chi connectivity index (χ1) is 23.4. The van der Waals surface area contributed by atoms with Gasteiger partial charge in [-0.2, -0.15) is 0 Å². The Balaban J connectivity index is 3.98. The molecule has 0 saturated heterocycles. The molecular weight excluding hydrogens is 625 g/mol. The van der Waals surface area contributed by atoms with E-state index in [0.29, 0.717) is 13.0 Å². The molecule has 8 nitrogen and oxygen atoms in total. The van der Waals surface area contributed by atoms with E-state index in [-0.39, 0.29) is 32.3 Å². The van der Waals surface area contributed by atoms with E-state index in [9.17, 15) is 14.3 Å². The summed E-state index contributed by atoms with van der Waals surface area (Å²) in [5, 5.41) is 0. The molecular formula is C39H78NO7P. The molecule has 0 aliphatic carbocycles. The van der Waals surface area contributed by atoms with Gasteiger partial charge in [0.15, 0.2) is 0 Å². The van der Waals surface area contributed by atoms with Crippen molar-refractivity contribution in [2.75, 3.05) is 33.0 Å². The lowest BCUT2D eigenvalue weighted by molar-refractivity contribution is -0.154. The van der Waals surface area contributed by atoms with E-state index in [1.54, 1.807) is 0 Å². The standard InChI is InChI=1S/C39H78NO7P/c1-3-5-7-9-11-13-15-16-17-18-19-20-21-23-25-27-29-31-34-44-36-38(37-46-48(42,43)45-35-33-40)47-39(41)32-30-28-26-24-22-14-12-10-8-6-4-2/h10,12,38H,3-9,11,13-37,40H2,1-2H3,(H,42,43)/b12-10-. The minimum Gasteiger partial charge on any atom is -0.457 e. The fourth-order valence-electron chi connectivity index (χ4n) is 5.68. The zero-order valence-corrected chi connectivity index (χ0v) is 32.4. The van der Waals surface area contributed by atoms with Gasteiger partial charge in [0.1, 0.15) is 6.10 Å². The molecule has 9 heteroatoms. The van der Waals surface area contributed by atoms with Gasteiger partial charge in [0.25, 0.3) is 0 Å². The van der Waals surface area contributed by atoms with Gasteiger partial charge in [0.05, 0.1) is 19.8 Å². The van der Waals surface area contributed by atoms with Crippen LogP contribution < -0.4 is 5.73 Å². The Morgan fingerprint density at radius 1 is 0.604 bits per heavy atom. The smallest absolute Gasteiger partial charge is 0.457 e. The van der Waals surface area contributed by atoms with Crippen molar-refractivity contribution >= 4 is 13.8 Å². The van der Waals surface area contributed by atoms with Gasteiger partial charge in [-0.05, 0) is 32.1 Å². The lowest BCUT2D eigenvalue weighted by Crippen LogP contribution is -2.28. The summed E-state index contributed by atoms with van der Waals surface area (Å²) < 4.78 is 33.3. The molecule has 0 aliphatic rings. The summed E-state index contributed by atoms with van der Waals surface area (Å²) in [4.78, 5) is 22.4. The van der Waals surface area contributed by atoms with Crippen LogP contribution in [-0.2, 0) is 27.9 Å². The number of carbonyl (C=O) groups is 1. The molecule has 0 aromatic heterocycles. The normalized spacial score (nSPS) is 13.7. The highest BCUT2D eigenvalue weighted by Gasteiger charge is 2.25. The lowest BCUT2D eigenvalue weighted by atomic mass is 10.0. The van der Waals surface area contributed by atoms with Crippen LogP contribution in [0.3, 0.4) is 0 Å². The number of unbranched alkanes of at least 4 members (excludes halogenated alkanes) is 24. The molecule has 0 spiro atoms. The van der Waals surface area contributed by atoms with E-state index >= 15 is 0 Å². The quantitative estimate of drug-likeness (QED) is 0.0281. The second-order valence-corrected chi connectivity index (χ2v) is 15.0. The highest BCUT2D eigenvalue weighted by molar-refractivity contribution is 7.47. The first-order valence-electron chi connectivity index (χ1n) is 20.2. The number of hydrogen-bond acceptors (Lipinski definition) is 7. The summed E-state index contributed by atoms with van der Waals surface area (Å²) >= 11 is 0. The van der Waals surface area contributed by atoms with Gasteiger partial charge in [-0.25, -0.2) is 4.57 Å². The molecule has 0 aromatic rings. The first-order valence-corrected chi connectivity index (χ1v) is 21.7. The highest BCUT2D eigenvalue weighted by atomic mass is 31.2. The second-order valence-electron chi connectivity index (χ2n) is 13.5. The largest absolute Gasteiger partial charge is 0.472 e. The van der Waals surface area contributed by atoms with E-state index in [0.717, 1.165) is 44.9 Å². The van der Waals surface area contributed by atoms with Crippen LogP contribution >= 0.6 is 7.82 Å². The Hall–Kier alpha value is -0.760. The average molecular weight is 704 g/mol. The third-order valence-electron chi connectivity index (χ3n) is 8.68. The van der Waals surface area contributed by atoms with E-state index in [1.807, 2.05) is 0 Å². The number of rotatable bonds is 39. The number of hydrogen-bond donors (Lipinski definition) is 2. The van der Waals surface area contributed by atoms with Gasteiger partial charge in [-0.1, -0.05) is 167 Å². The maximum absolute atomic E-state index is 12.5. The van der Waals surface area contributed by atoms with Crippen molar-refractivity contribution in [2.45, 2.75) is 200 Å². The van der Waals surface area contributed by atoms with Crippen LogP contribution in [0.4, 0.5) is 0 Å². The van der Waals surface area contributed by atoms with Crippen LogP contribution in [0.1, 0.15) is 194 Å². The monoisotopic (exact) mass is 704 g/mol. The molecule has 0 rings (SSSR count). The number of allylic oxidation sites excluding steroid dienone is 2. The summed E-state index contributed by atoms with van der Waals surface area (Å²) in [6.07, 6.45) is 38.0.